The van der Waals surface area contributed by atoms with Gasteiger partial charge >= 0.3 is 0 Å². The Morgan fingerprint density at radius 2 is 1.52 bits per heavy atom. The second-order valence-corrected chi connectivity index (χ2v) is 4.83. The third-order valence-corrected chi connectivity index (χ3v) is 3.16. The number of nitrogens with one attached hydrogen (secondary N) is 1. The first-order valence-electron chi connectivity index (χ1n) is 6.58. The van der Waals surface area contributed by atoms with Crippen molar-refractivity contribution in [2.45, 2.75) is 12.0 Å². The summed E-state index contributed by atoms with van der Waals surface area (Å²) in [5.41, 5.74) is 1.59. The van der Waals surface area contributed by atoms with Crippen LogP contribution in [0.15, 0.2) is 54.6 Å². The normalized spacial score (nSPS) is 13.1. The lowest BCUT2D eigenvalue weighted by Crippen LogP contribution is -2.38. The molecule has 0 saturated heterocycles. The van der Waals surface area contributed by atoms with Crippen LogP contribution in [0.25, 0.3) is 0 Å². The van der Waals surface area contributed by atoms with Crippen molar-refractivity contribution in [3.63, 3.8) is 0 Å². The number of rotatable bonds is 6. The van der Waals surface area contributed by atoms with Gasteiger partial charge in [0.25, 0.3) is 5.92 Å². The Kier molecular flexibility index (Phi) is 4.88. The van der Waals surface area contributed by atoms with Gasteiger partial charge in [-0.2, -0.15) is 0 Å². The molecule has 5 heteroatoms. The van der Waals surface area contributed by atoms with Gasteiger partial charge in [0.2, 0.25) is 0 Å². The number of phenols is 1. The van der Waals surface area contributed by atoms with Gasteiger partial charge in [-0.15, -0.1) is 0 Å². The maximum absolute atomic E-state index is 13.3. The summed E-state index contributed by atoms with van der Waals surface area (Å²) in [6, 6.07) is 15.1. The predicted molar refractivity (Wildman–Crippen MR) is 76.4 cm³/mol. The molecular formula is C16H17F2NO2. The number of hydrogen-bond acceptors (Lipinski definition) is 3. The van der Waals surface area contributed by atoms with Crippen LogP contribution in [-0.2, 0) is 0 Å². The van der Waals surface area contributed by atoms with E-state index in [1.807, 2.05) is 30.3 Å². The molecule has 2 aromatic rings. The third-order valence-electron chi connectivity index (χ3n) is 3.16. The second kappa shape index (κ2) is 6.65. The Hall–Kier alpha value is -1.98. The van der Waals surface area contributed by atoms with Crippen LogP contribution < -0.4 is 5.32 Å². The lowest BCUT2D eigenvalue weighted by molar-refractivity contribution is -0.0487. The first-order chi connectivity index (χ1) is 10.0. The molecule has 3 N–H and O–H groups in total. The maximum Gasteiger partial charge on any atom is 0.282 e. The molecule has 2 aromatic carbocycles. The van der Waals surface area contributed by atoms with Gasteiger partial charge in [-0.25, -0.2) is 8.78 Å². The number of halogens is 2. The van der Waals surface area contributed by atoms with E-state index in [-0.39, 0.29) is 5.75 Å². The highest BCUT2D eigenvalue weighted by atomic mass is 19.3. The zero-order chi connectivity index (χ0) is 15.3. The molecule has 0 spiro atoms. The molecular weight excluding hydrogens is 276 g/mol. The Bertz CT molecular complexity index is 558. The van der Waals surface area contributed by atoms with Crippen molar-refractivity contribution < 1.29 is 19.0 Å². The molecule has 0 bridgehead atoms. The topological polar surface area (TPSA) is 52.5 Å². The van der Waals surface area contributed by atoms with Gasteiger partial charge in [-0.1, -0.05) is 42.5 Å². The van der Waals surface area contributed by atoms with E-state index in [0.29, 0.717) is 0 Å². The molecule has 21 heavy (non-hydrogen) atoms. The van der Waals surface area contributed by atoms with E-state index in [4.69, 9.17) is 5.11 Å². The fraction of sp³-hybridized carbons (Fsp3) is 0.250. The van der Waals surface area contributed by atoms with Gasteiger partial charge in [0.15, 0.2) is 0 Å². The van der Waals surface area contributed by atoms with Crippen molar-refractivity contribution in [3.05, 3.63) is 65.7 Å². The number of benzene rings is 2. The summed E-state index contributed by atoms with van der Waals surface area (Å²) in [4.78, 5) is 0. The predicted octanol–water partition coefficient (Wildman–Crippen LogP) is 2.70. The average molecular weight is 293 g/mol. The number of alkyl halides is 2. The highest BCUT2D eigenvalue weighted by molar-refractivity contribution is 5.35. The third kappa shape index (κ3) is 4.24. The van der Waals surface area contributed by atoms with Crippen LogP contribution in [0.5, 0.6) is 5.75 Å². The summed E-state index contributed by atoms with van der Waals surface area (Å²) < 4.78 is 26.5. The van der Waals surface area contributed by atoms with Crippen molar-refractivity contribution in [2.75, 3.05) is 13.2 Å². The van der Waals surface area contributed by atoms with Crippen molar-refractivity contribution in [2.24, 2.45) is 0 Å². The SMILES string of the molecule is OCC(F)(F)CNC(c1ccccc1)c1ccc(O)cc1. The van der Waals surface area contributed by atoms with Gasteiger partial charge in [0.05, 0.1) is 12.6 Å². The number of aliphatic hydroxyl groups excluding tert-OH is 1. The standard InChI is InChI=1S/C16H17F2NO2/c17-16(18,11-20)10-19-15(12-4-2-1-3-5-12)13-6-8-14(21)9-7-13/h1-9,15,19-21H,10-11H2. The lowest BCUT2D eigenvalue weighted by Gasteiger charge is -2.23. The summed E-state index contributed by atoms with van der Waals surface area (Å²) in [5.74, 6) is -3.06. The lowest BCUT2D eigenvalue weighted by atomic mass is 9.98. The van der Waals surface area contributed by atoms with Gasteiger partial charge in [0, 0.05) is 0 Å². The first-order valence-corrected chi connectivity index (χ1v) is 6.58. The number of hydrogen-bond donors (Lipinski definition) is 3. The van der Waals surface area contributed by atoms with Gasteiger partial charge in [0.1, 0.15) is 12.4 Å². The van der Waals surface area contributed by atoms with E-state index < -0.39 is 25.1 Å². The Morgan fingerprint density at radius 3 is 2.10 bits per heavy atom. The van der Waals surface area contributed by atoms with Crippen LogP contribution in [-0.4, -0.2) is 29.3 Å². The minimum Gasteiger partial charge on any atom is -0.508 e. The average Bonchev–Trinajstić information content (AvgIpc) is 2.50. The van der Waals surface area contributed by atoms with Gasteiger partial charge in [-0.3, -0.25) is 0 Å². The highest BCUT2D eigenvalue weighted by Gasteiger charge is 2.29. The van der Waals surface area contributed by atoms with Crippen molar-refractivity contribution in [3.8, 4) is 5.75 Å². The monoisotopic (exact) mass is 293 g/mol. The highest BCUT2D eigenvalue weighted by Crippen LogP contribution is 2.25. The Balaban J connectivity index is 2.25. The fourth-order valence-corrected chi connectivity index (χ4v) is 2.05. The van der Waals surface area contributed by atoms with E-state index in [2.05, 4.69) is 5.32 Å². The summed E-state index contributed by atoms with van der Waals surface area (Å²) in [5, 5.41) is 20.8. The fourth-order valence-electron chi connectivity index (χ4n) is 2.05. The summed E-state index contributed by atoms with van der Waals surface area (Å²) in [6.07, 6.45) is 0. The largest absolute Gasteiger partial charge is 0.508 e. The van der Waals surface area contributed by atoms with Crippen LogP contribution in [0.3, 0.4) is 0 Å². The molecule has 112 valence electrons. The summed E-state index contributed by atoms with van der Waals surface area (Å²) >= 11 is 0. The number of aliphatic hydroxyl groups is 1. The first kappa shape index (κ1) is 15.4. The zero-order valence-electron chi connectivity index (χ0n) is 11.3. The molecule has 2 rings (SSSR count). The molecule has 0 fully saturated rings. The van der Waals surface area contributed by atoms with Crippen LogP contribution in [0.4, 0.5) is 8.78 Å². The van der Waals surface area contributed by atoms with E-state index in [0.717, 1.165) is 11.1 Å². The summed E-state index contributed by atoms with van der Waals surface area (Å²) in [6.45, 7) is -1.83. The van der Waals surface area contributed by atoms with Gasteiger partial charge in [-0.05, 0) is 23.3 Å². The van der Waals surface area contributed by atoms with Crippen molar-refractivity contribution in [1.29, 1.82) is 0 Å². The molecule has 0 saturated carbocycles. The molecule has 0 heterocycles. The molecule has 0 aliphatic heterocycles. The molecule has 0 aliphatic rings. The number of aromatic hydroxyl groups is 1. The van der Waals surface area contributed by atoms with E-state index in [9.17, 15) is 13.9 Å². The minimum absolute atomic E-state index is 0.117. The second-order valence-electron chi connectivity index (χ2n) is 4.83. The molecule has 0 aromatic heterocycles. The van der Waals surface area contributed by atoms with E-state index in [1.54, 1.807) is 12.1 Å². The summed E-state index contributed by atoms with van der Waals surface area (Å²) in [7, 11) is 0. The Labute approximate surface area is 121 Å². The van der Waals surface area contributed by atoms with Crippen molar-refractivity contribution >= 4 is 0 Å². The van der Waals surface area contributed by atoms with Crippen LogP contribution >= 0.6 is 0 Å². The van der Waals surface area contributed by atoms with Crippen LogP contribution in [0.2, 0.25) is 0 Å². The zero-order valence-corrected chi connectivity index (χ0v) is 11.3. The minimum atomic E-state index is -3.18. The Morgan fingerprint density at radius 1 is 0.952 bits per heavy atom. The maximum atomic E-state index is 13.3. The van der Waals surface area contributed by atoms with Crippen molar-refractivity contribution in [1.82, 2.24) is 5.32 Å². The molecule has 0 radical (unpaired) electrons. The molecule has 0 amide bonds. The molecule has 3 nitrogen and oxygen atoms in total. The van der Waals surface area contributed by atoms with Crippen LogP contribution in [0.1, 0.15) is 17.2 Å². The smallest absolute Gasteiger partial charge is 0.282 e. The number of phenolic OH excluding ortho intramolecular Hbond substituents is 1. The molecule has 1 unspecified atom stereocenters. The van der Waals surface area contributed by atoms with E-state index >= 15 is 0 Å². The van der Waals surface area contributed by atoms with E-state index in [1.165, 1.54) is 12.1 Å². The van der Waals surface area contributed by atoms with Crippen LogP contribution in [0, 0.1) is 0 Å². The molecule has 1 atom stereocenters. The van der Waals surface area contributed by atoms with Gasteiger partial charge < -0.3 is 15.5 Å². The quantitative estimate of drug-likeness (QED) is 0.767. The molecule has 0 aliphatic carbocycles.